The predicted octanol–water partition coefficient (Wildman–Crippen LogP) is -1.34. The number of hydrogen-bond acceptors (Lipinski definition) is 5. The maximum atomic E-state index is 11.3. The summed E-state index contributed by atoms with van der Waals surface area (Å²) in [6.45, 7) is 0.803. The number of hydrogen-bond donors (Lipinski definition) is 2. The molecule has 1 aliphatic heterocycles. The van der Waals surface area contributed by atoms with Crippen molar-refractivity contribution in [2.24, 2.45) is 5.73 Å². The molecule has 1 saturated heterocycles. The van der Waals surface area contributed by atoms with Crippen molar-refractivity contribution in [3.63, 3.8) is 0 Å². The highest BCUT2D eigenvalue weighted by Gasteiger charge is 2.23. The Labute approximate surface area is 95.4 Å². The zero-order valence-corrected chi connectivity index (χ0v) is 9.96. The molecule has 0 bridgehead atoms. The molecule has 1 aliphatic rings. The Morgan fingerprint density at radius 3 is 2.88 bits per heavy atom. The third kappa shape index (κ3) is 5.43. The number of nitrogens with one attached hydrogen (secondary N) is 1. The number of primary amides is 1. The molecule has 0 aliphatic carbocycles. The Morgan fingerprint density at radius 1 is 1.50 bits per heavy atom. The van der Waals surface area contributed by atoms with E-state index in [4.69, 9.17) is 10.5 Å². The summed E-state index contributed by atoms with van der Waals surface area (Å²) in [6.07, 6.45) is 1.58. The van der Waals surface area contributed by atoms with E-state index in [9.17, 15) is 13.2 Å². The number of carbonyl (C=O) groups is 1. The van der Waals surface area contributed by atoms with Crippen LogP contribution in [-0.4, -0.2) is 51.6 Å². The summed E-state index contributed by atoms with van der Waals surface area (Å²) in [6, 6.07) is 0.0101. The first kappa shape index (κ1) is 13.4. The highest BCUT2D eigenvalue weighted by molar-refractivity contribution is 7.91. The largest absolute Gasteiger partial charge is 0.370 e. The SMILES string of the molecule is NC(=O)COCCNC1CCCS(=O)(=O)C1. The van der Waals surface area contributed by atoms with E-state index in [1.165, 1.54) is 0 Å². The van der Waals surface area contributed by atoms with Crippen molar-refractivity contribution in [1.82, 2.24) is 5.32 Å². The summed E-state index contributed by atoms with van der Waals surface area (Å²) in [7, 11) is -2.87. The minimum atomic E-state index is -2.87. The molecule has 0 saturated carbocycles. The Balaban J connectivity index is 2.11. The van der Waals surface area contributed by atoms with E-state index in [1.54, 1.807) is 0 Å². The maximum absolute atomic E-state index is 11.3. The Kier molecular flexibility index (Phi) is 5.17. The molecule has 1 rings (SSSR count). The number of ether oxygens (including phenoxy) is 1. The molecule has 1 unspecified atom stereocenters. The van der Waals surface area contributed by atoms with Crippen LogP contribution in [0.4, 0.5) is 0 Å². The fourth-order valence-electron chi connectivity index (χ4n) is 1.69. The lowest BCUT2D eigenvalue weighted by atomic mass is 10.2. The first-order valence-electron chi connectivity index (χ1n) is 5.29. The van der Waals surface area contributed by atoms with Crippen molar-refractivity contribution in [3.8, 4) is 0 Å². The van der Waals surface area contributed by atoms with Gasteiger partial charge in [0.25, 0.3) is 0 Å². The normalized spacial score (nSPS) is 24.1. The molecule has 0 aromatic carbocycles. The molecule has 1 fully saturated rings. The second-order valence-corrected chi connectivity index (χ2v) is 6.16. The van der Waals surface area contributed by atoms with E-state index in [1.807, 2.05) is 0 Å². The molecule has 94 valence electrons. The molecule has 0 aromatic heterocycles. The monoisotopic (exact) mass is 250 g/mol. The number of amides is 1. The van der Waals surface area contributed by atoms with Gasteiger partial charge in [-0.1, -0.05) is 0 Å². The topological polar surface area (TPSA) is 98.5 Å². The molecule has 7 heteroatoms. The van der Waals surface area contributed by atoms with Gasteiger partial charge in [-0.2, -0.15) is 0 Å². The summed E-state index contributed by atoms with van der Waals surface area (Å²) in [5.74, 6) is -0.00754. The van der Waals surface area contributed by atoms with Crippen LogP contribution in [-0.2, 0) is 19.4 Å². The zero-order valence-electron chi connectivity index (χ0n) is 9.15. The standard InChI is InChI=1S/C9H18N2O4S/c10-9(12)6-15-4-3-11-8-2-1-5-16(13,14)7-8/h8,11H,1-7H2,(H2,10,12). The number of carbonyl (C=O) groups excluding carboxylic acids is 1. The van der Waals surface area contributed by atoms with Gasteiger partial charge in [-0.25, -0.2) is 8.42 Å². The van der Waals surface area contributed by atoms with Gasteiger partial charge in [0, 0.05) is 12.6 Å². The van der Waals surface area contributed by atoms with Crippen molar-refractivity contribution < 1.29 is 17.9 Å². The highest BCUT2D eigenvalue weighted by Crippen LogP contribution is 2.11. The van der Waals surface area contributed by atoms with E-state index >= 15 is 0 Å². The van der Waals surface area contributed by atoms with Crippen LogP contribution in [0.2, 0.25) is 0 Å². The summed E-state index contributed by atoms with van der Waals surface area (Å²) >= 11 is 0. The van der Waals surface area contributed by atoms with Gasteiger partial charge in [-0.3, -0.25) is 4.79 Å². The quantitative estimate of drug-likeness (QED) is 0.568. The highest BCUT2D eigenvalue weighted by atomic mass is 32.2. The molecular weight excluding hydrogens is 232 g/mol. The number of nitrogens with two attached hydrogens (primary N) is 1. The first-order chi connectivity index (χ1) is 7.49. The summed E-state index contributed by atoms with van der Waals surface area (Å²) in [4.78, 5) is 10.3. The van der Waals surface area contributed by atoms with Crippen LogP contribution in [0, 0.1) is 0 Å². The van der Waals surface area contributed by atoms with Gasteiger partial charge in [-0.15, -0.1) is 0 Å². The average Bonchev–Trinajstić information content (AvgIpc) is 2.15. The van der Waals surface area contributed by atoms with E-state index in [2.05, 4.69) is 5.32 Å². The lowest BCUT2D eigenvalue weighted by Gasteiger charge is -2.22. The third-order valence-corrected chi connectivity index (χ3v) is 4.21. The van der Waals surface area contributed by atoms with Crippen molar-refractivity contribution in [3.05, 3.63) is 0 Å². The Morgan fingerprint density at radius 2 is 2.25 bits per heavy atom. The second-order valence-electron chi connectivity index (χ2n) is 3.93. The van der Waals surface area contributed by atoms with Crippen molar-refractivity contribution in [1.29, 1.82) is 0 Å². The third-order valence-electron chi connectivity index (χ3n) is 2.39. The van der Waals surface area contributed by atoms with Gasteiger partial charge in [0.05, 0.1) is 18.1 Å². The van der Waals surface area contributed by atoms with Gasteiger partial charge >= 0.3 is 0 Å². The minimum Gasteiger partial charge on any atom is -0.370 e. The Bertz CT molecular complexity index is 328. The first-order valence-corrected chi connectivity index (χ1v) is 7.11. The molecular formula is C9H18N2O4S. The van der Waals surface area contributed by atoms with Gasteiger partial charge in [0.1, 0.15) is 6.61 Å². The molecule has 0 radical (unpaired) electrons. The van der Waals surface area contributed by atoms with Crippen LogP contribution >= 0.6 is 0 Å². The molecule has 1 atom stereocenters. The van der Waals surface area contributed by atoms with Gasteiger partial charge < -0.3 is 15.8 Å². The Hall–Kier alpha value is -0.660. The summed E-state index contributed by atoms with van der Waals surface area (Å²) in [5, 5.41) is 3.09. The predicted molar refractivity (Wildman–Crippen MR) is 59.7 cm³/mol. The lowest BCUT2D eigenvalue weighted by molar-refractivity contribution is -0.122. The molecule has 0 spiro atoms. The van der Waals surface area contributed by atoms with Crippen LogP contribution in [0.25, 0.3) is 0 Å². The number of sulfone groups is 1. The van der Waals surface area contributed by atoms with E-state index in [-0.39, 0.29) is 18.4 Å². The van der Waals surface area contributed by atoms with E-state index in [0.717, 1.165) is 6.42 Å². The fourth-order valence-corrected chi connectivity index (χ4v) is 3.36. The molecule has 3 N–H and O–H groups in total. The zero-order chi connectivity index (χ0) is 12.0. The maximum Gasteiger partial charge on any atom is 0.243 e. The summed E-state index contributed by atoms with van der Waals surface area (Å²) < 4.78 is 27.6. The molecule has 0 aromatic rings. The van der Waals surface area contributed by atoms with Gasteiger partial charge in [-0.05, 0) is 12.8 Å². The van der Waals surface area contributed by atoms with Crippen molar-refractivity contribution >= 4 is 15.7 Å². The van der Waals surface area contributed by atoms with Crippen molar-refractivity contribution in [2.75, 3.05) is 31.3 Å². The van der Waals surface area contributed by atoms with Crippen LogP contribution in [0.15, 0.2) is 0 Å². The van der Waals surface area contributed by atoms with Gasteiger partial charge in [0.15, 0.2) is 9.84 Å². The van der Waals surface area contributed by atoms with Gasteiger partial charge in [0.2, 0.25) is 5.91 Å². The molecule has 1 amide bonds. The second kappa shape index (κ2) is 6.17. The minimum absolute atomic E-state index is 0.0101. The summed E-state index contributed by atoms with van der Waals surface area (Å²) in [5.41, 5.74) is 4.89. The molecule has 1 heterocycles. The van der Waals surface area contributed by atoms with Crippen LogP contribution in [0.3, 0.4) is 0 Å². The lowest BCUT2D eigenvalue weighted by Crippen LogP contribution is -2.41. The number of rotatable bonds is 6. The molecule has 6 nitrogen and oxygen atoms in total. The smallest absolute Gasteiger partial charge is 0.243 e. The van der Waals surface area contributed by atoms with E-state index < -0.39 is 15.7 Å². The van der Waals surface area contributed by atoms with Crippen molar-refractivity contribution in [2.45, 2.75) is 18.9 Å². The van der Waals surface area contributed by atoms with E-state index in [0.29, 0.717) is 25.3 Å². The van der Waals surface area contributed by atoms with Crippen LogP contribution in [0.5, 0.6) is 0 Å². The van der Waals surface area contributed by atoms with Crippen LogP contribution < -0.4 is 11.1 Å². The fraction of sp³-hybridized carbons (Fsp3) is 0.889. The van der Waals surface area contributed by atoms with Crippen LogP contribution in [0.1, 0.15) is 12.8 Å². The molecule has 16 heavy (non-hydrogen) atoms. The average molecular weight is 250 g/mol.